The van der Waals surface area contributed by atoms with E-state index < -0.39 is 17.1 Å². The molecule has 172 valence electrons. The third kappa shape index (κ3) is 4.80. The van der Waals surface area contributed by atoms with Crippen molar-refractivity contribution in [1.29, 1.82) is 0 Å². The summed E-state index contributed by atoms with van der Waals surface area (Å²) in [5.74, 6) is -0.366. The molecule has 34 heavy (non-hydrogen) atoms. The standard InChI is InChI=1S/C26H25N5O3/c1-16-6-9-20(10-7-16)29-23(28-15-19-5-4-12-27-14-19)22-24(32)30-26(34)31(25(22)33)21-11-8-17(2)13-18(21)3/h4-14,33H,15H2,1-3H3,(H,28,29)(H,30,32,34). The summed E-state index contributed by atoms with van der Waals surface area (Å²) in [5, 5.41) is 14.3. The Morgan fingerprint density at radius 1 is 1.06 bits per heavy atom. The summed E-state index contributed by atoms with van der Waals surface area (Å²) in [7, 11) is 0. The molecule has 4 aromatic rings. The number of nitrogens with zero attached hydrogens (tertiary/aromatic N) is 3. The molecule has 0 aliphatic heterocycles. The zero-order valence-corrected chi connectivity index (χ0v) is 19.2. The molecule has 8 nitrogen and oxygen atoms in total. The fraction of sp³-hybridized carbons (Fsp3) is 0.154. The van der Waals surface area contributed by atoms with Gasteiger partial charge >= 0.3 is 5.69 Å². The second kappa shape index (κ2) is 9.58. The molecule has 0 aliphatic rings. The lowest BCUT2D eigenvalue weighted by Crippen LogP contribution is -2.35. The Labute approximate surface area is 196 Å². The van der Waals surface area contributed by atoms with E-state index in [4.69, 9.17) is 0 Å². The molecule has 2 aromatic carbocycles. The lowest BCUT2D eigenvalue weighted by molar-refractivity contribution is 0.429. The van der Waals surface area contributed by atoms with Gasteiger partial charge in [-0.3, -0.25) is 19.8 Å². The molecule has 0 spiro atoms. The molecule has 0 saturated carbocycles. The minimum Gasteiger partial charge on any atom is -0.493 e. The second-order valence-electron chi connectivity index (χ2n) is 8.10. The Morgan fingerprint density at radius 3 is 2.47 bits per heavy atom. The number of aromatic amines is 1. The number of nitrogens with one attached hydrogen (secondary N) is 2. The zero-order valence-electron chi connectivity index (χ0n) is 19.2. The number of aryl methyl sites for hydroxylation is 3. The van der Waals surface area contributed by atoms with Gasteiger partial charge in [-0.25, -0.2) is 9.36 Å². The van der Waals surface area contributed by atoms with Crippen LogP contribution in [0, 0.1) is 20.8 Å². The van der Waals surface area contributed by atoms with Gasteiger partial charge in [0.25, 0.3) is 5.56 Å². The molecular weight excluding hydrogens is 430 g/mol. The van der Waals surface area contributed by atoms with Crippen LogP contribution < -0.4 is 16.6 Å². The number of hydrogen-bond acceptors (Lipinski definition) is 5. The SMILES string of the molecule is Cc1ccc(NC(=NCc2cccnc2)c2c(O)n(-c3ccc(C)cc3C)c(=O)[nH]c2=O)cc1. The number of aromatic nitrogens is 3. The van der Waals surface area contributed by atoms with Crippen LogP contribution in [0.15, 0.2) is 81.6 Å². The van der Waals surface area contributed by atoms with Crippen LogP contribution in [0.25, 0.3) is 5.69 Å². The number of rotatable bonds is 5. The third-order valence-electron chi connectivity index (χ3n) is 5.37. The molecule has 0 atom stereocenters. The van der Waals surface area contributed by atoms with E-state index >= 15 is 0 Å². The van der Waals surface area contributed by atoms with Gasteiger partial charge in [-0.15, -0.1) is 0 Å². The zero-order chi connectivity index (χ0) is 24.2. The van der Waals surface area contributed by atoms with Crippen molar-refractivity contribution < 1.29 is 5.11 Å². The van der Waals surface area contributed by atoms with E-state index in [2.05, 4.69) is 20.3 Å². The number of pyridine rings is 1. The third-order valence-corrected chi connectivity index (χ3v) is 5.37. The molecule has 3 N–H and O–H groups in total. The summed E-state index contributed by atoms with van der Waals surface area (Å²) in [4.78, 5) is 36.6. The van der Waals surface area contributed by atoms with Crippen molar-refractivity contribution in [2.24, 2.45) is 4.99 Å². The maximum atomic E-state index is 12.9. The fourth-order valence-corrected chi connectivity index (χ4v) is 3.63. The van der Waals surface area contributed by atoms with Gasteiger partial charge < -0.3 is 10.4 Å². The Morgan fingerprint density at radius 2 is 1.79 bits per heavy atom. The van der Waals surface area contributed by atoms with Crippen LogP contribution in [0.4, 0.5) is 5.69 Å². The van der Waals surface area contributed by atoms with Crippen LogP contribution in [0.3, 0.4) is 0 Å². The van der Waals surface area contributed by atoms with E-state index in [0.717, 1.165) is 26.8 Å². The lowest BCUT2D eigenvalue weighted by Gasteiger charge is -2.16. The summed E-state index contributed by atoms with van der Waals surface area (Å²) < 4.78 is 1.09. The van der Waals surface area contributed by atoms with E-state index in [0.29, 0.717) is 11.4 Å². The maximum Gasteiger partial charge on any atom is 0.335 e. The molecule has 2 heterocycles. The van der Waals surface area contributed by atoms with Gasteiger partial charge in [0, 0.05) is 18.1 Å². The monoisotopic (exact) mass is 455 g/mol. The van der Waals surface area contributed by atoms with Crippen LogP contribution in [0.2, 0.25) is 0 Å². The van der Waals surface area contributed by atoms with Crippen molar-refractivity contribution in [3.8, 4) is 11.6 Å². The summed E-state index contributed by atoms with van der Waals surface area (Å²) >= 11 is 0. The molecule has 0 fully saturated rings. The molecule has 0 unspecified atom stereocenters. The number of amidine groups is 1. The molecule has 0 saturated heterocycles. The molecule has 0 amide bonds. The predicted molar refractivity (Wildman–Crippen MR) is 133 cm³/mol. The molecule has 8 heteroatoms. The predicted octanol–water partition coefficient (Wildman–Crippen LogP) is 3.61. The molecule has 2 aromatic heterocycles. The van der Waals surface area contributed by atoms with Gasteiger partial charge in [0.1, 0.15) is 11.4 Å². The molecule has 0 bridgehead atoms. The van der Waals surface area contributed by atoms with Crippen molar-refractivity contribution >= 4 is 11.5 Å². The van der Waals surface area contributed by atoms with Crippen LogP contribution >= 0.6 is 0 Å². The number of aliphatic imine (C=N–C) groups is 1. The Balaban J connectivity index is 1.88. The van der Waals surface area contributed by atoms with Gasteiger partial charge in [-0.1, -0.05) is 41.5 Å². The summed E-state index contributed by atoms with van der Waals surface area (Å²) in [5.41, 5.74) is 3.21. The van der Waals surface area contributed by atoms with Gasteiger partial charge in [-0.05, 0) is 56.2 Å². The quantitative estimate of drug-likeness (QED) is 0.314. The fourth-order valence-electron chi connectivity index (χ4n) is 3.63. The van der Waals surface area contributed by atoms with Crippen LogP contribution in [0.1, 0.15) is 27.8 Å². The average Bonchev–Trinajstić information content (AvgIpc) is 2.80. The first-order valence-electron chi connectivity index (χ1n) is 10.8. The van der Waals surface area contributed by atoms with Crippen LogP contribution in [-0.4, -0.2) is 25.5 Å². The van der Waals surface area contributed by atoms with Gasteiger partial charge in [0.15, 0.2) is 0 Å². The van der Waals surface area contributed by atoms with Crippen molar-refractivity contribution in [1.82, 2.24) is 14.5 Å². The molecule has 0 radical (unpaired) electrons. The van der Waals surface area contributed by atoms with Crippen molar-refractivity contribution in [3.63, 3.8) is 0 Å². The lowest BCUT2D eigenvalue weighted by atomic mass is 10.1. The summed E-state index contributed by atoms with van der Waals surface area (Å²) in [6.45, 7) is 5.95. The van der Waals surface area contributed by atoms with E-state index in [9.17, 15) is 14.7 Å². The normalized spacial score (nSPS) is 11.4. The second-order valence-corrected chi connectivity index (χ2v) is 8.10. The topological polar surface area (TPSA) is 112 Å². The highest BCUT2D eigenvalue weighted by molar-refractivity contribution is 6.09. The van der Waals surface area contributed by atoms with Crippen LogP contribution in [0.5, 0.6) is 5.88 Å². The van der Waals surface area contributed by atoms with Crippen molar-refractivity contribution in [2.45, 2.75) is 27.3 Å². The number of H-pyrrole nitrogens is 1. The highest BCUT2D eigenvalue weighted by atomic mass is 16.3. The summed E-state index contributed by atoms with van der Waals surface area (Å²) in [6.07, 6.45) is 3.34. The minimum atomic E-state index is -0.743. The number of anilines is 1. The first-order valence-corrected chi connectivity index (χ1v) is 10.8. The van der Waals surface area contributed by atoms with Gasteiger partial charge in [0.05, 0.1) is 12.2 Å². The Bertz CT molecular complexity index is 1470. The molecule has 0 aliphatic carbocycles. The van der Waals surface area contributed by atoms with Crippen molar-refractivity contribution in [3.05, 3.63) is 116 Å². The highest BCUT2D eigenvalue weighted by Gasteiger charge is 2.21. The largest absolute Gasteiger partial charge is 0.493 e. The number of benzene rings is 2. The molecular formula is C26H25N5O3. The van der Waals surface area contributed by atoms with Gasteiger partial charge in [-0.2, -0.15) is 0 Å². The Kier molecular flexibility index (Phi) is 6.40. The molecule has 4 rings (SSSR count). The van der Waals surface area contributed by atoms with Crippen LogP contribution in [-0.2, 0) is 6.54 Å². The number of hydrogen-bond donors (Lipinski definition) is 3. The van der Waals surface area contributed by atoms with E-state index in [1.807, 2.05) is 63.2 Å². The summed E-state index contributed by atoms with van der Waals surface area (Å²) in [6, 6.07) is 16.6. The van der Waals surface area contributed by atoms with Crippen molar-refractivity contribution in [2.75, 3.05) is 5.32 Å². The first kappa shape index (κ1) is 22.7. The van der Waals surface area contributed by atoms with E-state index in [1.54, 1.807) is 24.5 Å². The smallest absolute Gasteiger partial charge is 0.335 e. The average molecular weight is 456 g/mol. The Hall–Kier alpha value is -4.46. The maximum absolute atomic E-state index is 12.9. The highest BCUT2D eigenvalue weighted by Crippen LogP contribution is 2.22. The minimum absolute atomic E-state index is 0.130. The van der Waals surface area contributed by atoms with Gasteiger partial charge in [0.2, 0.25) is 5.88 Å². The van der Waals surface area contributed by atoms with E-state index in [1.165, 1.54) is 0 Å². The first-order chi connectivity index (χ1) is 16.3. The van der Waals surface area contributed by atoms with E-state index in [-0.39, 0.29) is 17.9 Å². The number of aromatic hydroxyl groups is 1.